The minimum Gasteiger partial charge on any atom is -0.494 e. The fourth-order valence-electron chi connectivity index (χ4n) is 9.13. The Hall–Kier alpha value is -8.52. The van der Waals surface area contributed by atoms with Gasteiger partial charge in [0.1, 0.15) is 34.5 Å². The molecule has 6 aromatic carbocycles. The fourth-order valence-corrected chi connectivity index (χ4v) is 9.13. The number of carbonyl (C=O) groups is 4. The highest BCUT2D eigenvalue weighted by atomic mass is 16.6. The molecule has 0 radical (unpaired) electrons. The SMILES string of the molecule is CCCCCCOc1ccc(OC(=O)C=Cc2ccc(OCCCCCCOC(=O)C(Cc3ccc(N)cc3)(Cc3ccc(N)cc3)C(=O)OCCCCCCOc3ccc(C=CC(=O)Oc4ccc(OCCCCCC)cc4)cc3)cc2)cc1. The average Bonchev–Trinajstić information content (AvgIpc) is 2.99. The van der Waals surface area contributed by atoms with Gasteiger partial charge in [0, 0.05) is 23.5 Å². The van der Waals surface area contributed by atoms with Crippen molar-refractivity contribution in [3.05, 3.63) is 180 Å². The number of nitrogens with two attached hydrogens (primary N) is 2. The number of nitrogen functional groups attached to an aromatic ring is 2. The first kappa shape index (κ1) is 65.6. The standard InChI is InChI=1S/C71H86N2O12/c1-3-5-7-13-47-80-63-37-41-65(42-38-63)84-67(74)45-27-55-23-33-61(34-24-55)78-49-15-9-11-17-51-82-69(76)71(53-57-19-29-59(72)30-20-57,54-58-21-31-60(73)32-22-58)70(77)83-52-18-12-10-16-50-79-62-35-25-56(26-36-62)28-46-68(75)85-66-43-39-64(40-44-66)81-48-14-8-6-4-2/h19-46H,3-18,47-54,72-73H2,1-2H3. The van der Waals surface area contributed by atoms with E-state index in [2.05, 4.69) is 13.8 Å². The van der Waals surface area contributed by atoms with Crippen LogP contribution in [0.3, 0.4) is 0 Å². The molecule has 14 heteroatoms. The second-order valence-corrected chi connectivity index (χ2v) is 21.1. The monoisotopic (exact) mass is 1160 g/mol. The van der Waals surface area contributed by atoms with Gasteiger partial charge in [0.15, 0.2) is 5.41 Å². The van der Waals surface area contributed by atoms with Crippen molar-refractivity contribution < 1.29 is 57.1 Å². The molecule has 0 aliphatic rings. The summed E-state index contributed by atoms with van der Waals surface area (Å²) in [4.78, 5) is 53.8. The van der Waals surface area contributed by atoms with Gasteiger partial charge in [-0.25, -0.2) is 9.59 Å². The van der Waals surface area contributed by atoms with Crippen molar-refractivity contribution >= 4 is 47.4 Å². The lowest BCUT2D eigenvalue weighted by molar-refractivity contribution is -0.173. The maximum atomic E-state index is 14.4. The summed E-state index contributed by atoms with van der Waals surface area (Å²) < 4.78 is 46.4. The smallest absolute Gasteiger partial charge is 0.336 e. The van der Waals surface area contributed by atoms with Crippen LogP contribution in [-0.4, -0.2) is 63.5 Å². The zero-order valence-electron chi connectivity index (χ0n) is 49.7. The molecule has 6 rings (SSSR count). The Labute approximate surface area is 502 Å². The summed E-state index contributed by atoms with van der Waals surface area (Å²) >= 11 is 0. The molecule has 14 nitrogen and oxygen atoms in total. The molecule has 0 heterocycles. The van der Waals surface area contributed by atoms with Gasteiger partial charge in [-0.2, -0.15) is 0 Å². The van der Waals surface area contributed by atoms with Crippen LogP contribution in [0.5, 0.6) is 34.5 Å². The molecule has 0 saturated carbocycles. The van der Waals surface area contributed by atoms with E-state index in [0.29, 0.717) is 73.6 Å². The van der Waals surface area contributed by atoms with E-state index in [4.69, 9.17) is 49.4 Å². The first-order valence-corrected chi connectivity index (χ1v) is 30.2. The number of esters is 4. The van der Waals surface area contributed by atoms with Crippen LogP contribution >= 0.6 is 0 Å². The van der Waals surface area contributed by atoms with Gasteiger partial charge in [0.25, 0.3) is 0 Å². The van der Waals surface area contributed by atoms with E-state index < -0.39 is 29.3 Å². The number of ether oxygens (including phenoxy) is 8. The zero-order chi connectivity index (χ0) is 60.2. The molecule has 0 aliphatic heterocycles. The zero-order valence-corrected chi connectivity index (χ0v) is 49.7. The number of unbranched alkanes of at least 4 members (excludes halogenated alkanes) is 12. The molecule has 4 N–H and O–H groups in total. The molecule has 0 unspecified atom stereocenters. The van der Waals surface area contributed by atoms with Crippen molar-refractivity contribution in [2.45, 2.75) is 129 Å². The Morgan fingerprint density at radius 2 is 0.635 bits per heavy atom. The van der Waals surface area contributed by atoms with E-state index in [1.807, 2.05) is 72.8 Å². The molecular weight excluding hydrogens is 1070 g/mol. The second-order valence-electron chi connectivity index (χ2n) is 21.1. The van der Waals surface area contributed by atoms with Crippen LogP contribution in [0, 0.1) is 5.41 Å². The number of benzene rings is 6. The van der Waals surface area contributed by atoms with E-state index in [9.17, 15) is 19.2 Å². The quantitative estimate of drug-likeness (QED) is 0.00921. The summed E-state index contributed by atoms with van der Waals surface area (Å²) in [7, 11) is 0. The Bertz CT molecular complexity index is 2740. The summed E-state index contributed by atoms with van der Waals surface area (Å²) in [5.41, 5.74) is 14.6. The second kappa shape index (κ2) is 37.6. The topological polar surface area (TPSA) is 194 Å². The van der Waals surface area contributed by atoms with Gasteiger partial charge in [-0.05, 0) is 209 Å². The Kier molecular flexibility index (Phi) is 29.1. The molecule has 6 aromatic rings. The molecule has 85 heavy (non-hydrogen) atoms. The lowest BCUT2D eigenvalue weighted by Crippen LogP contribution is -2.46. The fraction of sp³-hybridized carbons (Fsp3) is 0.380. The van der Waals surface area contributed by atoms with Crippen molar-refractivity contribution in [3.8, 4) is 34.5 Å². The predicted octanol–water partition coefficient (Wildman–Crippen LogP) is 15.1. The van der Waals surface area contributed by atoms with Gasteiger partial charge in [-0.3, -0.25) is 9.59 Å². The highest BCUT2D eigenvalue weighted by Gasteiger charge is 2.49. The molecule has 0 fully saturated rings. The lowest BCUT2D eigenvalue weighted by Gasteiger charge is -2.30. The minimum absolute atomic E-state index is 0.0489. The molecule has 0 aliphatic carbocycles. The molecule has 0 aromatic heterocycles. The maximum absolute atomic E-state index is 14.4. The van der Waals surface area contributed by atoms with Crippen molar-refractivity contribution in [1.29, 1.82) is 0 Å². The predicted molar refractivity (Wildman–Crippen MR) is 336 cm³/mol. The van der Waals surface area contributed by atoms with Crippen molar-refractivity contribution in [1.82, 2.24) is 0 Å². The normalized spacial score (nSPS) is 11.3. The van der Waals surface area contributed by atoms with Crippen molar-refractivity contribution in [2.24, 2.45) is 5.41 Å². The van der Waals surface area contributed by atoms with E-state index in [0.717, 1.165) is 98.0 Å². The van der Waals surface area contributed by atoms with E-state index in [1.165, 1.54) is 37.8 Å². The van der Waals surface area contributed by atoms with Crippen LogP contribution in [0.25, 0.3) is 12.2 Å². The molecule has 0 spiro atoms. The van der Waals surface area contributed by atoms with Gasteiger partial charge >= 0.3 is 23.9 Å². The summed E-state index contributed by atoms with van der Waals surface area (Å²) in [5, 5.41) is 0. The third kappa shape index (κ3) is 25.1. The lowest BCUT2D eigenvalue weighted by atomic mass is 9.76. The maximum Gasteiger partial charge on any atom is 0.336 e. The van der Waals surface area contributed by atoms with Crippen LogP contribution < -0.4 is 39.9 Å². The molecule has 0 saturated heterocycles. The highest BCUT2D eigenvalue weighted by Crippen LogP contribution is 2.33. The third-order valence-corrected chi connectivity index (χ3v) is 14.0. The average molecular weight is 1160 g/mol. The molecule has 0 amide bonds. The molecule has 0 atom stereocenters. The number of hydrogen-bond donors (Lipinski definition) is 2. The van der Waals surface area contributed by atoms with E-state index >= 15 is 0 Å². The van der Waals surface area contributed by atoms with Gasteiger partial charge < -0.3 is 49.4 Å². The summed E-state index contributed by atoms with van der Waals surface area (Å²) in [6.45, 7) is 6.95. The van der Waals surface area contributed by atoms with Crippen LogP contribution in [0.2, 0.25) is 0 Å². The molecule has 452 valence electrons. The number of anilines is 2. The summed E-state index contributed by atoms with van der Waals surface area (Å²) in [6, 6.07) is 43.3. The van der Waals surface area contributed by atoms with Crippen molar-refractivity contribution in [2.75, 3.05) is 51.1 Å². The Morgan fingerprint density at radius 3 is 0.953 bits per heavy atom. The largest absolute Gasteiger partial charge is 0.494 e. The van der Waals surface area contributed by atoms with Crippen LogP contribution in [0.15, 0.2) is 158 Å². The van der Waals surface area contributed by atoms with Crippen LogP contribution in [-0.2, 0) is 41.5 Å². The number of rotatable bonds is 40. The summed E-state index contributed by atoms with van der Waals surface area (Å²) in [5.74, 6) is 1.55. The van der Waals surface area contributed by atoms with Gasteiger partial charge in [-0.1, -0.05) is 101 Å². The van der Waals surface area contributed by atoms with Crippen molar-refractivity contribution in [3.63, 3.8) is 0 Å². The highest BCUT2D eigenvalue weighted by molar-refractivity contribution is 6.01. The number of carbonyl (C=O) groups excluding carboxylic acids is 4. The van der Waals surface area contributed by atoms with Crippen LogP contribution in [0.1, 0.15) is 139 Å². The Morgan fingerprint density at radius 1 is 0.353 bits per heavy atom. The van der Waals surface area contributed by atoms with E-state index in [1.54, 1.807) is 84.9 Å². The molecular formula is C71H86N2O12. The number of hydrogen-bond acceptors (Lipinski definition) is 14. The minimum atomic E-state index is -1.68. The van der Waals surface area contributed by atoms with Gasteiger partial charge in [-0.15, -0.1) is 0 Å². The third-order valence-electron chi connectivity index (χ3n) is 14.0. The van der Waals surface area contributed by atoms with Gasteiger partial charge in [0.2, 0.25) is 0 Å². The van der Waals surface area contributed by atoms with E-state index in [-0.39, 0.29) is 26.1 Å². The van der Waals surface area contributed by atoms with Crippen LogP contribution in [0.4, 0.5) is 11.4 Å². The summed E-state index contributed by atoms with van der Waals surface area (Å²) in [6.07, 6.45) is 21.3. The Balaban J connectivity index is 0.894. The molecule has 0 bridgehead atoms. The van der Waals surface area contributed by atoms with Gasteiger partial charge in [0.05, 0.1) is 39.6 Å². The first-order chi connectivity index (χ1) is 41.5. The first-order valence-electron chi connectivity index (χ1n) is 30.2.